The van der Waals surface area contributed by atoms with Crippen LogP contribution in [0.4, 0.5) is 0 Å². The highest BCUT2D eigenvalue weighted by Crippen LogP contribution is 2.16. The maximum absolute atomic E-state index is 10.4. The van der Waals surface area contributed by atoms with Crippen molar-refractivity contribution >= 4 is 6.29 Å². The monoisotopic (exact) mass is 191 g/mol. The number of hydrogen-bond donors (Lipinski definition) is 1. The summed E-state index contributed by atoms with van der Waals surface area (Å²) in [6.45, 7) is 1.16. The summed E-state index contributed by atoms with van der Waals surface area (Å²) < 4.78 is 5.36. The van der Waals surface area contributed by atoms with Crippen LogP contribution in [0, 0.1) is 0 Å². The van der Waals surface area contributed by atoms with Gasteiger partial charge in [0.2, 0.25) is 0 Å². The van der Waals surface area contributed by atoms with Crippen molar-refractivity contribution in [2.75, 3.05) is 13.2 Å². The Morgan fingerprint density at radius 3 is 2.71 bits per heavy atom. The summed E-state index contributed by atoms with van der Waals surface area (Å²) in [6.07, 6.45) is 0.559. The molecule has 1 aromatic rings. The minimum atomic E-state index is -0.282. The summed E-state index contributed by atoms with van der Waals surface area (Å²) in [6, 6.07) is 10.3. The SMILES string of the molecule is O=CC1CN[C@H](c2ccccc2)CO1. The molecule has 1 aliphatic rings. The molecule has 0 saturated carbocycles. The number of carbonyl (C=O) groups is 1. The first kappa shape index (κ1) is 9.37. The van der Waals surface area contributed by atoms with E-state index in [0.717, 1.165) is 6.29 Å². The van der Waals surface area contributed by atoms with Gasteiger partial charge in [-0.3, -0.25) is 0 Å². The van der Waals surface area contributed by atoms with Crippen molar-refractivity contribution in [1.82, 2.24) is 5.32 Å². The highest BCUT2D eigenvalue weighted by Gasteiger charge is 2.20. The fourth-order valence-electron chi connectivity index (χ4n) is 1.58. The van der Waals surface area contributed by atoms with E-state index in [4.69, 9.17) is 4.74 Å². The first-order valence-corrected chi connectivity index (χ1v) is 4.75. The molecule has 0 bridgehead atoms. The van der Waals surface area contributed by atoms with Crippen LogP contribution in [0.2, 0.25) is 0 Å². The van der Waals surface area contributed by atoms with Gasteiger partial charge in [-0.15, -0.1) is 0 Å². The normalized spacial score (nSPS) is 27.1. The van der Waals surface area contributed by atoms with Gasteiger partial charge in [-0.25, -0.2) is 0 Å². The van der Waals surface area contributed by atoms with Gasteiger partial charge in [-0.2, -0.15) is 0 Å². The molecule has 1 unspecified atom stereocenters. The van der Waals surface area contributed by atoms with Crippen LogP contribution < -0.4 is 5.32 Å². The second-order valence-electron chi connectivity index (χ2n) is 3.38. The molecule has 0 amide bonds. The minimum absolute atomic E-state index is 0.215. The summed E-state index contributed by atoms with van der Waals surface area (Å²) in [4.78, 5) is 10.4. The van der Waals surface area contributed by atoms with Gasteiger partial charge >= 0.3 is 0 Å². The summed E-state index contributed by atoms with van der Waals surface area (Å²) in [5.74, 6) is 0. The maximum atomic E-state index is 10.4. The Balaban J connectivity index is 1.99. The van der Waals surface area contributed by atoms with Crippen LogP contribution in [0.25, 0.3) is 0 Å². The zero-order valence-corrected chi connectivity index (χ0v) is 7.85. The van der Waals surface area contributed by atoms with E-state index in [1.807, 2.05) is 18.2 Å². The molecule has 0 aromatic heterocycles. The molecule has 1 N–H and O–H groups in total. The molecule has 1 saturated heterocycles. The number of benzene rings is 1. The van der Waals surface area contributed by atoms with E-state index in [1.165, 1.54) is 5.56 Å². The van der Waals surface area contributed by atoms with Gasteiger partial charge in [-0.1, -0.05) is 30.3 Å². The van der Waals surface area contributed by atoms with E-state index in [-0.39, 0.29) is 12.1 Å². The second-order valence-corrected chi connectivity index (χ2v) is 3.38. The lowest BCUT2D eigenvalue weighted by atomic mass is 10.1. The second kappa shape index (κ2) is 4.35. The molecule has 14 heavy (non-hydrogen) atoms. The van der Waals surface area contributed by atoms with E-state index in [1.54, 1.807) is 0 Å². The van der Waals surface area contributed by atoms with Gasteiger partial charge in [-0.05, 0) is 5.56 Å². The lowest BCUT2D eigenvalue weighted by Crippen LogP contribution is -2.41. The number of carbonyl (C=O) groups excluding carboxylic acids is 1. The van der Waals surface area contributed by atoms with E-state index in [9.17, 15) is 4.79 Å². The Morgan fingerprint density at radius 2 is 2.14 bits per heavy atom. The number of nitrogens with one attached hydrogen (secondary N) is 1. The maximum Gasteiger partial charge on any atom is 0.150 e. The molecule has 1 aromatic carbocycles. The number of aldehydes is 1. The molecule has 3 heteroatoms. The van der Waals surface area contributed by atoms with E-state index in [2.05, 4.69) is 17.4 Å². The highest BCUT2D eigenvalue weighted by molar-refractivity contribution is 5.56. The van der Waals surface area contributed by atoms with Crippen molar-refractivity contribution in [2.24, 2.45) is 0 Å². The fraction of sp³-hybridized carbons (Fsp3) is 0.364. The van der Waals surface area contributed by atoms with Crippen molar-refractivity contribution in [1.29, 1.82) is 0 Å². The van der Waals surface area contributed by atoms with Crippen molar-refractivity contribution in [3.63, 3.8) is 0 Å². The molecule has 0 spiro atoms. The predicted molar refractivity (Wildman–Crippen MR) is 53.0 cm³/mol. The summed E-state index contributed by atoms with van der Waals surface area (Å²) in [5.41, 5.74) is 1.21. The minimum Gasteiger partial charge on any atom is -0.367 e. The van der Waals surface area contributed by atoms with E-state index < -0.39 is 0 Å². The third-order valence-corrected chi connectivity index (χ3v) is 2.40. The van der Waals surface area contributed by atoms with Crippen LogP contribution in [-0.4, -0.2) is 25.5 Å². The average molecular weight is 191 g/mol. The Hall–Kier alpha value is -1.19. The molecule has 2 rings (SSSR count). The zero-order chi connectivity index (χ0) is 9.80. The molecule has 3 nitrogen and oxygen atoms in total. The van der Waals surface area contributed by atoms with Crippen LogP contribution in [0.5, 0.6) is 0 Å². The summed E-state index contributed by atoms with van der Waals surface area (Å²) in [7, 11) is 0. The zero-order valence-electron chi connectivity index (χ0n) is 7.85. The Labute approximate surface area is 83.1 Å². The number of ether oxygens (including phenoxy) is 1. The Bertz CT molecular complexity index is 291. The number of morpholine rings is 1. The van der Waals surface area contributed by atoms with Gasteiger partial charge in [0, 0.05) is 6.54 Å². The molecule has 0 aliphatic carbocycles. The molecule has 74 valence electrons. The molecule has 1 fully saturated rings. The number of rotatable bonds is 2. The average Bonchev–Trinajstić information content (AvgIpc) is 2.30. The molecular weight excluding hydrogens is 178 g/mol. The summed E-state index contributed by atoms with van der Waals surface area (Å²) >= 11 is 0. The lowest BCUT2D eigenvalue weighted by molar-refractivity contribution is -0.120. The van der Waals surface area contributed by atoms with Gasteiger partial charge < -0.3 is 14.8 Å². The topological polar surface area (TPSA) is 38.3 Å². The van der Waals surface area contributed by atoms with Crippen molar-refractivity contribution < 1.29 is 9.53 Å². The first-order valence-electron chi connectivity index (χ1n) is 4.75. The lowest BCUT2D eigenvalue weighted by Gasteiger charge is -2.27. The van der Waals surface area contributed by atoms with Crippen LogP contribution >= 0.6 is 0 Å². The van der Waals surface area contributed by atoms with Crippen LogP contribution in [0.1, 0.15) is 11.6 Å². The van der Waals surface area contributed by atoms with Crippen LogP contribution in [0.3, 0.4) is 0 Å². The van der Waals surface area contributed by atoms with E-state index >= 15 is 0 Å². The third kappa shape index (κ3) is 2.00. The predicted octanol–water partition coefficient (Wildman–Crippen LogP) is 0.915. The largest absolute Gasteiger partial charge is 0.367 e. The van der Waals surface area contributed by atoms with Gasteiger partial charge in [0.25, 0.3) is 0 Å². The van der Waals surface area contributed by atoms with Gasteiger partial charge in [0.15, 0.2) is 0 Å². The van der Waals surface area contributed by atoms with Crippen molar-refractivity contribution in [3.05, 3.63) is 35.9 Å². The molecule has 0 radical (unpaired) electrons. The Morgan fingerprint density at radius 1 is 1.36 bits per heavy atom. The smallest absolute Gasteiger partial charge is 0.150 e. The molecule has 2 atom stereocenters. The third-order valence-electron chi connectivity index (χ3n) is 2.40. The van der Waals surface area contributed by atoms with Crippen molar-refractivity contribution in [3.8, 4) is 0 Å². The Kier molecular flexibility index (Phi) is 2.91. The van der Waals surface area contributed by atoms with Gasteiger partial charge in [0.05, 0.1) is 12.6 Å². The standard InChI is InChI=1S/C11H13NO2/c13-7-10-6-12-11(8-14-10)9-4-2-1-3-5-9/h1-5,7,10-12H,6,8H2/t10?,11-/m0/s1. The fourth-order valence-corrected chi connectivity index (χ4v) is 1.58. The van der Waals surface area contributed by atoms with Crippen LogP contribution in [-0.2, 0) is 9.53 Å². The van der Waals surface area contributed by atoms with E-state index in [0.29, 0.717) is 13.2 Å². The first-order chi connectivity index (χ1) is 6.90. The molecule has 1 aliphatic heterocycles. The summed E-state index contributed by atoms with van der Waals surface area (Å²) in [5, 5.41) is 3.28. The number of hydrogen-bond acceptors (Lipinski definition) is 3. The van der Waals surface area contributed by atoms with Gasteiger partial charge in [0.1, 0.15) is 12.4 Å². The highest BCUT2D eigenvalue weighted by atomic mass is 16.5. The molecular formula is C11H13NO2. The quantitative estimate of drug-likeness (QED) is 0.706. The van der Waals surface area contributed by atoms with Crippen LogP contribution in [0.15, 0.2) is 30.3 Å². The molecule has 1 heterocycles. The van der Waals surface area contributed by atoms with Crippen molar-refractivity contribution in [2.45, 2.75) is 12.1 Å².